The van der Waals surface area contributed by atoms with E-state index in [1.165, 1.54) is 0 Å². The molecule has 0 aromatic heterocycles. The van der Waals surface area contributed by atoms with Gasteiger partial charge in [-0.15, -0.1) is 0 Å². The van der Waals surface area contributed by atoms with Crippen LogP contribution in [-0.4, -0.2) is 18.7 Å². The lowest BCUT2D eigenvalue weighted by Gasteiger charge is -2.34. The van der Waals surface area contributed by atoms with E-state index < -0.39 is 12.1 Å². The van der Waals surface area contributed by atoms with Gasteiger partial charge in [0.05, 0.1) is 6.61 Å². The molecule has 3 aromatic carbocycles. The highest BCUT2D eigenvalue weighted by molar-refractivity contribution is 7.07. The Labute approximate surface area is 164 Å². The molecule has 0 radical (unpaired) electrons. The molecule has 3 rings (SSSR count). The lowest BCUT2D eigenvalue weighted by Crippen LogP contribution is -2.69. The Kier molecular flexibility index (Phi) is 5.88. The smallest absolute Gasteiger partial charge is 0.288 e. The molecule has 25 heavy (non-hydrogen) atoms. The Hall–Kier alpha value is -1.29. The van der Waals surface area contributed by atoms with Crippen molar-refractivity contribution in [3.8, 4) is 0 Å². The maximum Gasteiger partial charge on any atom is 0.288 e. The Morgan fingerprint density at radius 1 is 0.600 bits per heavy atom. The molecule has 0 N–H and O–H groups in total. The van der Waals surface area contributed by atoms with Crippen LogP contribution in [0.2, 0.25) is 0 Å². The Bertz CT molecular complexity index is 693. The van der Waals surface area contributed by atoms with Crippen molar-refractivity contribution < 1.29 is 4.43 Å². The van der Waals surface area contributed by atoms with Gasteiger partial charge in [-0.2, -0.15) is 0 Å². The third-order valence-electron chi connectivity index (χ3n) is 3.99. The molecule has 1 nitrogen and oxygen atoms in total. The first-order valence-electron chi connectivity index (χ1n) is 7.90. The van der Waals surface area contributed by atoms with Gasteiger partial charge in [0.1, 0.15) is 0 Å². The molecule has 0 unspecified atom stereocenters. The second kappa shape index (κ2) is 7.94. The number of rotatable bonds is 5. The summed E-state index contributed by atoms with van der Waals surface area (Å²) in [7, 11) is -2.79. The second-order valence-corrected chi connectivity index (χ2v) is 11.6. The molecule has 0 saturated heterocycles. The van der Waals surface area contributed by atoms with Gasteiger partial charge < -0.3 is 4.43 Å². The Morgan fingerprint density at radius 2 is 0.920 bits per heavy atom. The van der Waals surface area contributed by atoms with E-state index in [4.69, 9.17) is 39.2 Å². The topological polar surface area (TPSA) is 9.23 Å². The van der Waals surface area contributed by atoms with Crippen molar-refractivity contribution in [2.24, 2.45) is 0 Å². The molecular formula is C20H17Cl3OSi. The summed E-state index contributed by atoms with van der Waals surface area (Å²) in [6.07, 6.45) is 0. The minimum absolute atomic E-state index is 0.0164. The van der Waals surface area contributed by atoms with E-state index in [1.54, 1.807) is 0 Å². The minimum Gasteiger partial charge on any atom is -0.400 e. The maximum atomic E-state index is 6.50. The highest BCUT2D eigenvalue weighted by atomic mass is 35.6. The SMILES string of the molecule is ClC(Cl)(Cl)CO[Si](c1ccccc1)(c1ccccc1)c1ccccc1. The van der Waals surface area contributed by atoms with Gasteiger partial charge in [-0.1, -0.05) is 126 Å². The monoisotopic (exact) mass is 406 g/mol. The van der Waals surface area contributed by atoms with Crippen molar-refractivity contribution in [2.75, 3.05) is 6.61 Å². The number of halogens is 3. The van der Waals surface area contributed by atoms with Crippen LogP contribution in [0.4, 0.5) is 0 Å². The molecule has 0 amide bonds. The highest BCUT2D eigenvalue weighted by Gasteiger charge is 2.43. The second-order valence-electron chi connectivity index (χ2n) is 5.68. The van der Waals surface area contributed by atoms with Crippen LogP contribution in [-0.2, 0) is 4.43 Å². The number of hydrogen-bond donors (Lipinski definition) is 0. The number of alkyl halides is 3. The maximum absolute atomic E-state index is 6.50. The van der Waals surface area contributed by atoms with Crippen LogP contribution in [0.3, 0.4) is 0 Å². The standard InChI is InChI=1S/C20H17Cl3OSi/c21-20(22,23)16-24-25(17-10-4-1-5-11-17,18-12-6-2-7-13-18)19-14-8-3-9-15-19/h1-15H,16H2. The first-order valence-corrected chi connectivity index (χ1v) is 10.9. The van der Waals surface area contributed by atoms with Gasteiger partial charge in [0, 0.05) is 0 Å². The molecule has 128 valence electrons. The molecule has 0 aliphatic carbocycles. The van der Waals surface area contributed by atoms with E-state index >= 15 is 0 Å². The molecule has 0 aliphatic rings. The third-order valence-corrected chi connectivity index (χ3v) is 8.34. The van der Waals surface area contributed by atoms with Crippen LogP contribution in [0.5, 0.6) is 0 Å². The largest absolute Gasteiger partial charge is 0.400 e. The van der Waals surface area contributed by atoms with Gasteiger partial charge >= 0.3 is 0 Å². The quantitative estimate of drug-likeness (QED) is 0.352. The van der Waals surface area contributed by atoms with Crippen LogP contribution in [0, 0.1) is 0 Å². The molecule has 0 fully saturated rings. The first kappa shape index (κ1) is 18.5. The Morgan fingerprint density at radius 3 is 1.20 bits per heavy atom. The zero-order valence-corrected chi connectivity index (χ0v) is 16.7. The molecule has 0 aliphatic heterocycles. The highest BCUT2D eigenvalue weighted by Crippen LogP contribution is 2.27. The van der Waals surface area contributed by atoms with Gasteiger partial charge in [-0.05, 0) is 15.6 Å². The number of hydrogen-bond acceptors (Lipinski definition) is 1. The summed E-state index contributed by atoms with van der Waals surface area (Å²) in [5.74, 6) is 0. The molecular weight excluding hydrogens is 391 g/mol. The predicted molar refractivity (Wildman–Crippen MR) is 110 cm³/mol. The van der Waals surface area contributed by atoms with Gasteiger partial charge in [0.15, 0.2) is 0 Å². The van der Waals surface area contributed by atoms with E-state index in [-0.39, 0.29) is 6.61 Å². The fourth-order valence-corrected chi connectivity index (χ4v) is 7.32. The van der Waals surface area contributed by atoms with Crippen LogP contribution in [0.25, 0.3) is 0 Å². The summed E-state index contributed by atoms with van der Waals surface area (Å²) in [6, 6.07) is 30.6. The van der Waals surface area contributed by atoms with Crippen molar-refractivity contribution in [3.05, 3.63) is 91.0 Å². The molecule has 0 bridgehead atoms. The summed E-state index contributed by atoms with van der Waals surface area (Å²) < 4.78 is 5.02. The normalized spacial score (nSPS) is 12.1. The summed E-state index contributed by atoms with van der Waals surface area (Å²) in [5.41, 5.74) is 0. The molecule has 3 aromatic rings. The van der Waals surface area contributed by atoms with E-state index in [9.17, 15) is 0 Å². The van der Waals surface area contributed by atoms with Gasteiger partial charge in [-0.3, -0.25) is 0 Å². The Balaban J connectivity index is 2.24. The van der Waals surface area contributed by atoms with E-state index in [0.717, 1.165) is 15.6 Å². The van der Waals surface area contributed by atoms with Crippen molar-refractivity contribution in [1.82, 2.24) is 0 Å². The summed E-state index contributed by atoms with van der Waals surface area (Å²) in [6.45, 7) is 0.0164. The predicted octanol–water partition coefficient (Wildman–Crippen LogP) is 4.04. The van der Waals surface area contributed by atoms with Crippen LogP contribution >= 0.6 is 34.8 Å². The average molecular weight is 408 g/mol. The zero-order chi connectivity index (χ0) is 17.8. The van der Waals surface area contributed by atoms with Crippen molar-refractivity contribution in [1.29, 1.82) is 0 Å². The molecule has 0 heterocycles. The molecule has 5 heteroatoms. The molecule has 0 spiro atoms. The summed E-state index contributed by atoms with van der Waals surface area (Å²) in [4.78, 5) is 0. The third kappa shape index (κ3) is 4.28. The van der Waals surface area contributed by atoms with Crippen molar-refractivity contribution in [3.63, 3.8) is 0 Å². The number of benzene rings is 3. The lowest BCUT2D eigenvalue weighted by molar-refractivity contribution is 0.332. The minimum atomic E-state index is -2.79. The molecule has 0 atom stereocenters. The van der Waals surface area contributed by atoms with Gasteiger partial charge in [0.25, 0.3) is 8.32 Å². The molecule has 0 saturated carbocycles. The van der Waals surface area contributed by atoms with E-state index in [0.29, 0.717) is 0 Å². The zero-order valence-electron chi connectivity index (χ0n) is 13.4. The van der Waals surface area contributed by atoms with E-state index in [1.807, 2.05) is 54.6 Å². The summed E-state index contributed by atoms with van der Waals surface area (Å²) in [5, 5.41) is 3.34. The van der Waals surface area contributed by atoms with Crippen LogP contribution in [0.1, 0.15) is 0 Å². The lowest BCUT2D eigenvalue weighted by atomic mass is 10.3. The fourth-order valence-electron chi connectivity index (χ4n) is 2.96. The first-order chi connectivity index (χ1) is 12.0. The fraction of sp³-hybridized carbons (Fsp3) is 0.100. The van der Waals surface area contributed by atoms with Crippen LogP contribution < -0.4 is 15.6 Å². The average Bonchev–Trinajstić information content (AvgIpc) is 2.64. The van der Waals surface area contributed by atoms with Gasteiger partial charge in [0.2, 0.25) is 3.79 Å². The van der Waals surface area contributed by atoms with E-state index in [2.05, 4.69) is 36.4 Å². The summed E-state index contributed by atoms with van der Waals surface area (Å²) >= 11 is 18.1. The van der Waals surface area contributed by atoms with Crippen molar-refractivity contribution in [2.45, 2.75) is 3.79 Å². The van der Waals surface area contributed by atoms with Crippen LogP contribution in [0.15, 0.2) is 91.0 Å². The van der Waals surface area contributed by atoms with Crippen molar-refractivity contribution >= 4 is 58.7 Å². The van der Waals surface area contributed by atoms with Gasteiger partial charge in [-0.25, -0.2) is 0 Å².